The molecule has 0 aromatic heterocycles. The third kappa shape index (κ3) is 3.10. The first-order valence-electron chi connectivity index (χ1n) is 2.41. The fraction of sp³-hybridized carbons (Fsp3) is 0.333. The fourth-order valence-electron chi connectivity index (χ4n) is 0.211. The van der Waals surface area contributed by atoms with E-state index in [1.807, 2.05) is 6.92 Å². The Kier molecular flexibility index (Phi) is 3.51. The highest BCUT2D eigenvalue weighted by Crippen LogP contribution is 1.89. The van der Waals surface area contributed by atoms with Crippen molar-refractivity contribution in [3.05, 3.63) is 12.2 Å². The third-order valence-corrected chi connectivity index (χ3v) is 0.759. The first-order valence-corrected chi connectivity index (χ1v) is 2.41. The largest absolute Gasteiger partial charge is 0.205 e. The summed E-state index contributed by atoms with van der Waals surface area (Å²) in [7, 11) is 0. The van der Waals surface area contributed by atoms with Crippen LogP contribution in [0.25, 0.3) is 0 Å². The molecule has 42 valence electrons. The molecule has 0 radical (unpaired) electrons. The van der Waals surface area contributed by atoms with Crippen molar-refractivity contribution in [3.63, 3.8) is 0 Å². The minimum atomic E-state index is 0.852. The molecule has 2 heteroatoms. The standard InChI is InChI=1S/C6H8N2/c1-3-6(2)4-8-5-7/h4H,2-3H2,1H3. The Balaban J connectivity index is 3.57. The van der Waals surface area contributed by atoms with E-state index in [1.165, 1.54) is 6.21 Å². The van der Waals surface area contributed by atoms with Gasteiger partial charge in [-0.05, 0) is 12.0 Å². The van der Waals surface area contributed by atoms with E-state index in [0.717, 1.165) is 12.0 Å². The van der Waals surface area contributed by atoms with E-state index in [1.54, 1.807) is 6.19 Å². The predicted molar refractivity (Wildman–Crippen MR) is 33.5 cm³/mol. The second-order valence-electron chi connectivity index (χ2n) is 1.37. The summed E-state index contributed by atoms with van der Waals surface area (Å²) in [5.74, 6) is 0. The molecule has 0 heterocycles. The molecule has 0 saturated heterocycles. The minimum absolute atomic E-state index is 0.852. The Morgan fingerprint density at radius 1 is 2.00 bits per heavy atom. The van der Waals surface area contributed by atoms with Gasteiger partial charge in [-0.3, -0.25) is 0 Å². The van der Waals surface area contributed by atoms with Gasteiger partial charge in [0.05, 0.1) is 0 Å². The van der Waals surface area contributed by atoms with E-state index in [-0.39, 0.29) is 0 Å². The van der Waals surface area contributed by atoms with Crippen LogP contribution >= 0.6 is 0 Å². The van der Waals surface area contributed by atoms with E-state index in [4.69, 9.17) is 5.26 Å². The Morgan fingerprint density at radius 2 is 2.62 bits per heavy atom. The number of hydrogen-bond acceptors (Lipinski definition) is 2. The summed E-state index contributed by atoms with van der Waals surface area (Å²) in [6.07, 6.45) is 3.97. The van der Waals surface area contributed by atoms with Crippen LogP contribution in [-0.4, -0.2) is 6.21 Å². The molecule has 0 unspecified atom stereocenters. The summed E-state index contributed by atoms with van der Waals surface area (Å²) in [5.41, 5.74) is 0.881. The number of rotatable bonds is 2. The van der Waals surface area contributed by atoms with Gasteiger partial charge in [0.1, 0.15) is 0 Å². The van der Waals surface area contributed by atoms with Gasteiger partial charge in [0.25, 0.3) is 0 Å². The average Bonchev–Trinajstić information content (AvgIpc) is 1.83. The molecule has 0 fully saturated rings. The Bertz CT molecular complexity index is 139. The van der Waals surface area contributed by atoms with Gasteiger partial charge in [-0.2, -0.15) is 10.3 Å². The third-order valence-electron chi connectivity index (χ3n) is 0.759. The van der Waals surface area contributed by atoms with Gasteiger partial charge in [-0.15, -0.1) is 0 Å². The molecule has 0 amide bonds. The quantitative estimate of drug-likeness (QED) is 0.390. The zero-order chi connectivity index (χ0) is 6.41. The van der Waals surface area contributed by atoms with E-state index in [2.05, 4.69) is 11.6 Å². The normalized spacial score (nSPS) is 9.00. The fourth-order valence-corrected chi connectivity index (χ4v) is 0.211. The molecule has 0 aliphatic heterocycles. The number of allylic oxidation sites excluding steroid dienone is 1. The maximum absolute atomic E-state index is 7.92. The lowest BCUT2D eigenvalue weighted by Crippen LogP contribution is -1.75. The highest BCUT2D eigenvalue weighted by molar-refractivity contribution is 5.78. The predicted octanol–water partition coefficient (Wildman–Crippen LogP) is 1.50. The van der Waals surface area contributed by atoms with Crippen LogP contribution in [-0.2, 0) is 0 Å². The smallest absolute Gasteiger partial charge is 0.182 e. The van der Waals surface area contributed by atoms with Crippen molar-refractivity contribution in [1.82, 2.24) is 0 Å². The van der Waals surface area contributed by atoms with Crippen LogP contribution < -0.4 is 0 Å². The van der Waals surface area contributed by atoms with Gasteiger partial charge >= 0.3 is 0 Å². The first kappa shape index (κ1) is 6.90. The zero-order valence-electron chi connectivity index (χ0n) is 4.89. The van der Waals surface area contributed by atoms with E-state index < -0.39 is 0 Å². The molecule has 0 rings (SSSR count). The summed E-state index contributed by atoms with van der Waals surface area (Å²) in [4.78, 5) is 3.32. The zero-order valence-corrected chi connectivity index (χ0v) is 4.89. The lowest BCUT2D eigenvalue weighted by Gasteiger charge is -1.83. The molecular formula is C6H8N2. The second-order valence-corrected chi connectivity index (χ2v) is 1.37. The number of hydrogen-bond donors (Lipinski definition) is 0. The van der Waals surface area contributed by atoms with Crippen molar-refractivity contribution >= 4 is 6.21 Å². The maximum atomic E-state index is 7.92. The van der Waals surface area contributed by atoms with Gasteiger partial charge in [-0.25, -0.2) is 0 Å². The van der Waals surface area contributed by atoms with Gasteiger partial charge in [0, 0.05) is 6.21 Å². The SMILES string of the molecule is C=C(C=NC#N)CC. The van der Waals surface area contributed by atoms with Crippen molar-refractivity contribution in [3.8, 4) is 6.19 Å². The highest BCUT2D eigenvalue weighted by Gasteiger charge is 1.78. The van der Waals surface area contributed by atoms with Gasteiger partial charge in [0.2, 0.25) is 6.19 Å². The molecule has 0 aliphatic carbocycles. The average molecular weight is 108 g/mol. The molecule has 0 bridgehead atoms. The van der Waals surface area contributed by atoms with Gasteiger partial charge in [-0.1, -0.05) is 13.5 Å². The molecule has 0 aromatic carbocycles. The van der Waals surface area contributed by atoms with Crippen molar-refractivity contribution in [2.24, 2.45) is 4.99 Å². The van der Waals surface area contributed by atoms with Gasteiger partial charge < -0.3 is 0 Å². The van der Waals surface area contributed by atoms with Crippen LogP contribution in [0.3, 0.4) is 0 Å². The lowest BCUT2D eigenvalue weighted by molar-refractivity contribution is 1.19. The maximum Gasteiger partial charge on any atom is 0.205 e. The molecule has 0 aliphatic rings. The molecule has 0 saturated carbocycles. The number of nitriles is 1. The van der Waals surface area contributed by atoms with Crippen LogP contribution in [0, 0.1) is 11.5 Å². The van der Waals surface area contributed by atoms with Gasteiger partial charge in [0.15, 0.2) is 0 Å². The summed E-state index contributed by atoms with van der Waals surface area (Å²) in [5, 5.41) is 7.92. The van der Waals surface area contributed by atoms with Crippen LogP contribution in [0.1, 0.15) is 13.3 Å². The molecule has 0 spiro atoms. The Hall–Kier alpha value is -1.10. The Morgan fingerprint density at radius 3 is 3.00 bits per heavy atom. The molecule has 0 atom stereocenters. The summed E-state index contributed by atoms with van der Waals surface area (Å²) in [6.45, 7) is 5.57. The van der Waals surface area contributed by atoms with E-state index in [0.29, 0.717) is 0 Å². The van der Waals surface area contributed by atoms with E-state index in [9.17, 15) is 0 Å². The molecule has 8 heavy (non-hydrogen) atoms. The Labute approximate surface area is 49.2 Å². The molecule has 2 nitrogen and oxygen atoms in total. The second kappa shape index (κ2) is 4.07. The topological polar surface area (TPSA) is 36.1 Å². The highest BCUT2D eigenvalue weighted by atomic mass is 14.7. The van der Waals surface area contributed by atoms with Crippen LogP contribution in [0.5, 0.6) is 0 Å². The summed E-state index contributed by atoms with van der Waals surface area (Å²) < 4.78 is 0. The molecule has 0 aromatic rings. The van der Waals surface area contributed by atoms with Crippen molar-refractivity contribution in [2.75, 3.05) is 0 Å². The van der Waals surface area contributed by atoms with Crippen LogP contribution in [0.4, 0.5) is 0 Å². The lowest BCUT2D eigenvalue weighted by atomic mass is 10.3. The molecular weight excluding hydrogens is 100 g/mol. The van der Waals surface area contributed by atoms with Crippen LogP contribution in [0.15, 0.2) is 17.1 Å². The summed E-state index contributed by atoms with van der Waals surface area (Å²) >= 11 is 0. The first-order chi connectivity index (χ1) is 3.81. The van der Waals surface area contributed by atoms with Crippen molar-refractivity contribution in [2.45, 2.75) is 13.3 Å². The van der Waals surface area contributed by atoms with E-state index >= 15 is 0 Å². The monoisotopic (exact) mass is 108 g/mol. The molecule has 0 N–H and O–H groups in total. The van der Waals surface area contributed by atoms with Crippen LogP contribution in [0.2, 0.25) is 0 Å². The number of nitrogens with zero attached hydrogens (tertiary/aromatic N) is 2. The minimum Gasteiger partial charge on any atom is -0.182 e. The number of aliphatic imine (C=N–C) groups is 1. The summed E-state index contributed by atoms with van der Waals surface area (Å²) in [6, 6.07) is 0. The van der Waals surface area contributed by atoms with Crippen molar-refractivity contribution in [1.29, 1.82) is 5.26 Å². The van der Waals surface area contributed by atoms with Crippen molar-refractivity contribution < 1.29 is 0 Å².